The predicted molar refractivity (Wildman–Crippen MR) is 75.9 cm³/mol. The van der Waals surface area contributed by atoms with Gasteiger partial charge < -0.3 is 9.84 Å². The topological polar surface area (TPSA) is 29.5 Å². The molecule has 1 aromatic rings. The van der Waals surface area contributed by atoms with Crippen LogP contribution in [0.1, 0.15) is 58.1 Å². The molecule has 0 fully saturated rings. The quantitative estimate of drug-likeness (QED) is 0.696. The first-order valence-corrected chi connectivity index (χ1v) is 7.04. The number of hydrogen-bond acceptors (Lipinski definition) is 2. The van der Waals surface area contributed by atoms with Crippen LogP contribution in [0.4, 0.5) is 0 Å². The molecule has 18 heavy (non-hydrogen) atoms. The molecule has 0 aromatic heterocycles. The van der Waals surface area contributed by atoms with Crippen LogP contribution in [0.3, 0.4) is 0 Å². The fourth-order valence-electron chi connectivity index (χ4n) is 1.78. The lowest BCUT2D eigenvalue weighted by Gasteiger charge is -2.13. The summed E-state index contributed by atoms with van der Waals surface area (Å²) in [6.07, 6.45) is 3.76. The molecule has 0 spiro atoms. The van der Waals surface area contributed by atoms with Crippen LogP contribution in [-0.4, -0.2) is 11.7 Å². The van der Waals surface area contributed by atoms with Crippen molar-refractivity contribution in [2.75, 3.05) is 6.61 Å². The molecule has 0 aliphatic rings. The minimum atomic E-state index is -0.350. The third-order valence-electron chi connectivity index (χ3n) is 3.05. The predicted octanol–water partition coefficient (Wildman–Crippen LogP) is 4.34. The van der Waals surface area contributed by atoms with Gasteiger partial charge >= 0.3 is 0 Å². The normalized spacial score (nSPS) is 12.7. The summed E-state index contributed by atoms with van der Waals surface area (Å²) in [5.74, 6) is 1.53. The minimum absolute atomic E-state index is 0.350. The summed E-state index contributed by atoms with van der Waals surface area (Å²) in [5, 5.41) is 10.0. The second-order valence-electron chi connectivity index (χ2n) is 5.26. The molecular formula is C16H26O2. The standard InChI is InChI=1S/C16H26O2/c1-4-5-12-18-15-9-7-14(8-10-15)16(17)11-6-13(2)3/h7-10,13,16-17H,4-6,11-12H2,1-3H3. The molecule has 0 aliphatic carbocycles. The molecule has 0 saturated heterocycles. The lowest BCUT2D eigenvalue weighted by Crippen LogP contribution is -2.01. The van der Waals surface area contributed by atoms with Gasteiger partial charge in [0.25, 0.3) is 0 Å². The molecular weight excluding hydrogens is 224 g/mol. The molecule has 1 unspecified atom stereocenters. The monoisotopic (exact) mass is 250 g/mol. The Kier molecular flexibility index (Phi) is 6.81. The summed E-state index contributed by atoms with van der Waals surface area (Å²) in [6.45, 7) is 7.28. The van der Waals surface area contributed by atoms with Crippen molar-refractivity contribution in [3.8, 4) is 5.75 Å². The highest BCUT2D eigenvalue weighted by Crippen LogP contribution is 2.23. The van der Waals surface area contributed by atoms with E-state index < -0.39 is 0 Å². The highest BCUT2D eigenvalue weighted by molar-refractivity contribution is 5.28. The van der Waals surface area contributed by atoms with Gasteiger partial charge in [0.15, 0.2) is 0 Å². The van der Waals surface area contributed by atoms with E-state index in [0.717, 1.165) is 43.6 Å². The summed E-state index contributed by atoms with van der Waals surface area (Å²) in [5.41, 5.74) is 0.985. The van der Waals surface area contributed by atoms with E-state index in [1.54, 1.807) is 0 Å². The second kappa shape index (κ2) is 8.15. The Hall–Kier alpha value is -1.02. The molecule has 1 N–H and O–H groups in total. The molecule has 0 bridgehead atoms. The Morgan fingerprint density at radius 1 is 1.11 bits per heavy atom. The molecule has 0 radical (unpaired) electrons. The number of aliphatic hydroxyl groups is 1. The van der Waals surface area contributed by atoms with Crippen LogP contribution < -0.4 is 4.74 Å². The molecule has 0 aliphatic heterocycles. The van der Waals surface area contributed by atoms with Crippen molar-refractivity contribution in [2.45, 2.75) is 52.6 Å². The van der Waals surface area contributed by atoms with Gasteiger partial charge in [0, 0.05) is 0 Å². The van der Waals surface area contributed by atoms with Gasteiger partial charge in [-0.3, -0.25) is 0 Å². The SMILES string of the molecule is CCCCOc1ccc(C(O)CCC(C)C)cc1. The smallest absolute Gasteiger partial charge is 0.119 e. The lowest BCUT2D eigenvalue weighted by molar-refractivity contribution is 0.159. The van der Waals surface area contributed by atoms with E-state index in [-0.39, 0.29) is 6.10 Å². The first-order valence-electron chi connectivity index (χ1n) is 7.04. The van der Waals surface area contributed by atoms with Crippen molar-refractivity contribution in [2.24, 2.45) is 5.92 Å². The van der Waals surface area contributed by atoms with Crippen molar-refractivity contribution in [3.63, 3.8) is 0 Å². The number of benzene rings is 1. The molecule has 1 rings (SSSR count). The summed E-state index contributed by atoms with van der Waals surface area (Å²) < 4.78 is 5.60. The molecule has 2 nitrogen and oxygen atoms in total. The maximum absolute atomic E-state index is 10.0. The van der Waals surface area contributed by atoms with Crippen molar-refractivity contribution < 1.29 is 9.84 Å². The molecule has 102 valence electrons. The van der Waals surface area contributed by atoms with Crippen LogP contribution in [0.15, 0.2) is 24.3 Å². The maximum Gasteiger partial charge on any atom is 0.119 e. The van der Waals surface area contributed by atoms with Crippen molar-refractivity contribution in [1.29, 1.82) is 0 Å². The summed E-state index contributed by atoms with van der Waals surface area (Å²) in [6, 6.07) is 7.83. The number of ether oxygens (including phenoxy) is 1. The summed E-state index contributed by atoms with van der Waals surface area (Å²) in [7, 11) is 0. The van der Waals surface area contributed by atoms with E-state index in [1.165, 1.54) is 0 Å². The first-order chi connectivity index (χ1) is 8.63. The average Bonchev–Trinajstić information content (AvgIpc) is 2.37. The molecule has 1 atom stereocenters. The third-order valence-corrected chi connectivity index (χ3v) is 3.05. The minimum Gasteiger partial charge on any atom is -0.494 e. The van der Waals surface area contributed by atoms with Crippen molar-refractivity contribution in [1.82, 2.24) is 0 Å². The van der Waals surface area contributed by atoms with Crippen molar-refractivity contribution >= 4 is 0 Å². The van der Waals surface area contributed by atoms with Crippen LogP contribution in [0, 0.1) is 5.92 Å². The Morgan fingerprint density at radius 2 is 1.78 bits per heavy atom. The largest absolute Gasteiger partial charge is 0.494 e. The average molecular weight is 250 g/mol. The van der Waals surface area contributed by atoms with Crippen molar-refractivity contribution in [3.05, 3.63) is 29.8 Å². The van der Waals surface area contributed by atoms with Crippen LogP contribution >= 0.6 is 0 Å². The van der Waals surface area contributed by atoms with Gasteiger partial charge in [-0.1, -0.05) is 39.3 Å². The van der Waals surface area contributed by atoms with E-state index in [1.807, 2.05) is 24.3 Å². The van der Waals surface area contributed by atoms with E-state index >= 15 is 0 Å². The van der Waals surface area contributed by atoms with Crippen LogP contribution in [-0.2, 0) is 0 Å². The Morgan fingerprint density at radius 3 is 2.33 bits per heavy atom. The van der Waals surface area contributed by atoms with E-state index in [9.17, 15) is 5.11 Å². The highest BCUT2D eigenvalue weighted by atomic mass is 16.5. The van der Waals surface area contributed by atoms with E-state index in [4.69, 9.17) is 4.74 Å². The molecule has 0 heterocycles. The lowest BCUT2D eigenvalue weighted by atomic mass is 10.00. The van der Waals surface area contributed by atoms with Gasteiger partial charge in [-0.2, -0.15) is 0 Å². The Bertz CT molecular complexity index is 316. The zero-order valence-corrected chi connectivity index (χ0v) is 11.9. The summed E-state index contributed by atoms with van der Waals surface area (Å²) >= 11 is 0. The van der Waals surface area contributed by atoms with E-state index in [0.29, 0.717) is 5.92 Å². The van der Waals surface area contributed by atoms with Crippen LogP contribution in [0.25, 0.3) is 0 Å². The van der Waals surface area contributed by atoms with Crippen LogP contribution in [0.2, 0.25) is 0 Å². The maximum atomic E-state index is 10.0. The van der Waals surface area contributed by atoms with Crippen LogP contribution in [0.5, 0.6) is 5.75 Å². The fourth-order valence-corrected chi connectivity index (χ4v) is 1.78. The third kappa shape index (κ3) is 5.54. The van der Waals surface area contributed by atoms with Gasteiger partial charge in [-0.15, -0.1) is 0 Å². The van der Waals surface area contributed by atoms with Gasteiger partial charge in [-0.25, -0.2) is 0 Å². The zero-order chi connectivity index (χ0) is 13.4. The van der Waals surface area contributed by atoms with Gasteiger partial charge in [0.1, 0.15) is 5.75 Å². The fraction of sp³-hybridized carbons (Fsp3) is 0.625. The number of aliphatic hydroxyl groups excluding tert-OH is 1. The highest BCUT2D eigenvalue weighted by Gasteiger charge is 2.08. The molecule has 1 aromatic carbocycles. The summed E-state index contributed by atoms with van der Waals surface area (Å²) in [4.78, 5) is 0. The number of hydrogen-bond donors (Lipinski definition) is 1. The second-order valence-corrected chi connectivity index (χ2v) is 5.26. The molecule has 2 heteroatoms. The number of rotatable bonds is 8. The first kappa shape index (κ1) is 15.0. The van der Waals surface area contributed by atoms with E-state index in [2.05, 4.69) is 20.8 Å². The van der Waals surface area contributed by atoms with Gasteiger partial charge in [0.05, 0.1) is 12.7 Å². The molecule has 0 amide bonds. The van der Waals surface area contributed by atoms with Gasteiger partial charge in [-0.05, 0) is 42.9 Å². The Balaban J connectivity index is 2.43. The number of unbranched alkanes of at least 4 members (excludes halogenated alkanes) is 1. The Labute approximate surface area is 111 Å². The molecule has 0 saturated carbocycles. The van der Waals surface area contributed by atoms with Gasteiger partial charge in [0.2, 0.25) is 0 Å². The zero-order valence-electron chi connectivity index (χ0n) is 11.9.